The molecular weight excluding hydrogens is 875 g/mol. The van der Waals surface area contributed by atoms with Crippen LogP contribution in [0.5, 0.6) is 0 Å². The molecule has 14 rings (SSSR count). The van der Waals surface area contributed by atoms with Crippen molar-refractivity contribution in [3.63, 3.8) is 0 Å². The van der Waals surface area contributed by atoms with Crippen LogP contribution >= 0.6 is 0 Å². The molecule has 342 valence electrons. The lowest BCUT2D eigenvalue weighted by Crippen LogP contribution is -2.11. The molecule has 0 fully saturated rings. The van der Waals surface area contributed by atoms with E-state index in [1.54, 1.807) is 0 Å². The monoisotopic (exact) mass is 925 g/mol. The van der Waals surface area contributed by atoms with E-state index >= 15 is 0 Å². The number of fused-ring (bicyclic) bond motifs is 12. The number of rotatable bonds is 8. The molecule has 3 aromatic heterocycles. The Bertz CT molecular complexity index is 4480. The van der Waals surface area contributed by atoms with Crippen molar-refractivity contribution in [1.29, 1.82) is 0 Å². The first-order chi connectivity index (χ1) is 36.1. The van der Waals surface area contributed by atoms with Crippen LogP contribution in [-0.4, -0.2) is 4.40 Å². The van der Waals surface area contributed by atoms with Crippen LogP contribution in [0.1, 0.15) is 29.1 Å². The van der Waals surface area contributed by atoms with Crippen LogP contribution in [0.2, 0.25) is 0 Å². The number of para-hydroxylation sites is 2. The van der Waals surface area contributed by atoms with Crippen molar-refractivity contribution >= 4 is 105 Å². The second kappa shape index (κ2) is 16.2. The summed E-state index contributed by atoms with van der Waals surface area (Å²) in [5.41, 5.74) is 17.0. The highest BCUT2D eigenvalue weighted by Gasteiger charge is 2.27. The molecular formula is C68H49N3O. The third-order valence-electron chi connectivity index (χ3n) is 14.7. The van der Waals surface area contributed by atoms with Crippen LogP contribution < -0.4 is 9.80 Å². The van der Waals surface area contributed by atoms with Gasteiger partial charge in [-0.1, -0.05) is 160 Å². The topological polar surface area (TPSA) is 24.0 Å². The van der Waals surface area contributed by atoms with Gasteiger partial charge in [-0.2, -0.15) is 0 Å². The van der Waals surface area contributed by atoms with Crippen molar-refractivity contribution in [3.05, 3.63) is 248 Å². The van der Waals surface area contributed by atoms with Crippen LogP contribution in [0.15, 0.2) is 247 Å². The molecule has 0 amide bonds. The van der Waals surface area contributed by atoms with Gasteiger partial charge in [-0.3, -0.25) is 0 Å². The predicted molar refractivity (Wildman–Crippen MR) is 305 cm³/mol. The third-order valence-corrected chi connectivity index (χ3v) is 14.7. The van der Waals surface area contributed by atoms with Crippen LogP contribution in [0.3, 0.4) is 0 Å². The second-order valence-corrected chi connectivity index (χ2v) is 20.0. The molecule has 72 heavy (non-hydrogen) atoms. The van der Waals surface area contributed by atoms with Crippen molar-refractivity contribution in [1.82, 2.24) is 4.40 Å². The zero-order valence-electron chi connectivity index (χ0n) is 42.2. The molecule has 0 N–H and O–H groups in total. The molecule has 0 atom stereocenters. The standard InChI is InChI=1S/C68H49N3O/c1-68(2,3)48-30-36-59-58(42-48)66-61(70(50-26-14-7-15-27-50)52-29-17-23-47(41-52)45-20-10-5-11-21-45)38-34-57-64-54-35-39-62-65(55(54)33-37-60(64)71(59)67(57)66)56-32-31-53(43-63(56)72-62)69(49-24-12-6-13-25-49)51-28-16-22-46(40-51)44-18-8-4-9-19-44/h4-43H,1-3H3/i6D,7D. The van der Waals surface area contributed by atoms with Gasteiger partial charge in [-0.05, 0) is 141 Å². The van der Waals surface area contributed by atoms with E-state index < -0.39 is 0 Å². The zero-order chi connectivity index (χ0) is 49.8. The molecule has 3 heterocycles. The summed E-state index contributed by atoms with van der Waals surface area (Å²) in [5, 5.41) is 9.26. The Hall–Kier alpha value is -9.12. The quantitative estimate of drug-likeness (QED) is 0.152. The fourth-order valence-corrected chi connectivity index (χ4v) is 11.3. The van der Waals surface area contributed by atoms with E-state index in [2.05, 4.69) is 223 Å². The summed E-state index contributed by atoms with van der Waals surface area (Å²) < 4.78 is 26.1. The molecule has 0 saturated carbocycles. The van der Waals surface area contributed by atoms with Gasteiger partial charge in [0.2, 0.25) is 0 Å². The average Bonchev–Trinajstić information content (AvgIpc) is 4.17. The van der Waals surface area contributed by atoms with Gasteiger partial charge in [-0.15, -0.1) is 0 Å². The van der Waals surface area contributed by atoms with Gasteiger partial charge in [0.1, 0.15) is 11.2 Å². The lowest BCUT2D eigenvalue weighted by molar-refractivity contribution is 0.591. The largest absolute Gasteiger partial charge is 0.456 e. The third kappa shape index (κ3) is 6.60. The van der Waals surface area contributed by atoms with E-state index in [1.165, 1.54) is 38.0 Å². The Morgan fingerprint density at radius 1 is 0.375 bits per heavy atom. The Balaban J connectivity index is 0.983. The predicted octanol–water partition coefficient (Wildman–Crippen LogP) is 19.5. The lowest BCUT2D eigenvalue weighted by atomic mass is 9.86. The molecule has 0 spiro atoms. The van der Waals surface area contributed by atoms with E-state index in [0.29, 0.717) is 12.1 Å². The minimum absolute atomic E-state index is 0.0642. The number of nitrogens with zero attached hydrogens (tertiary/aromatic N) is 3. The summed E-state index contributed by atoms with van der Waals surface area (Å²) >= 11 is 0. The first-order valence-electron chi connectivity index (χ1n) is 25.7. The molecule has 0 aliphatic heterocycles. The Kier molecular flexibility index (Phi) is 8.95. The molecule has 0 aliphatic carbocycles. The van der Waals surface area contributed by atoms with Gasteiger partial charge in [0, 0.05) is 66.8 Å². The molecule has 14 aromatic rings. The fraction of sp³-hybridized carbons (Fsp3) is 0.0588. The first-order valence-corrected chi connectivity index (χ1v) is 24.7. The fourth-order valence-electron chi connectivity index (χ4n) is 11.3. The van der Waals surface area contributed by atoms with E-state index in [4.69, 9.17) is 7.16 Å². The summed E-state index contributed by atoms with van der Waals surface area (Å²) in [7, 11) is 0. The number of hydrogen-bond donors (Lipinski definition) is 0. The molecule has 0 saturated heterocycles. The smallest absolute Gasteiger partial charge is 0.137 e. The molecule has 0 aliphatic rings. The van der Waals surface area contributed by atoms with Crippen molar-refractivity contribution in [2.75, 3.05) is 9.80 Å². The van der Waals surface area contributed by atoms with Gasteiger partial charge in [0.05, 0.1) is 25.0 Å². The minimum atomic E-state index is -0.0642. The minimum Gasteiger partial charge on any atom is -0.456 e. The van der Waals surface area contributed by atoms with Crippen LogP contribution in [0.4, 0.5) is 34.1 Å². The van der Waals surface area contributed by atoms with Crippen LogP contribution in [0.25, 0.3) is 93.1 Å². The highest BCUT2D eigenvalue weighted by Crippen LogP contribution is 2.50. The Morgan fingerprint density at radius 3 is 1.58 bits per heavy atom. The van der Waals surface area contributed by atoms with Gasteiger partial charge in [0.25, 0.3) is 0 Å². The molecule has 0 unspecified atom stereocenters. The maximum Gasteiger partial charge on any atom is 0.137 e. The van der Waals surface area contributed by atoms with Crippen LogP contribution in [-0.2, 0) is 5.41 Å². The van der Waals surface area contributed by atoms with Crippen molar-refractivity contribution in [3.8, 4) is 22.3 Å². The summed E-state index contributed by atoms with van der Waals surface area (Å²) in [6, 6.07) is 82.3. The molecule has 11 aromatic carbocycles. The molecule has 0 radical (unpaired) electrons. The van der Waals surface area contributed by atoms with Crippen molar-refractivity contribution in [2.24, 2.45) is 0 Å². The average molecular weight is 926 g/mol. The molecule has 4 nitrogen and oxygen atoms in total. The first kappa shape index (κ1) is 39.7. The number of anilines is 6. The van der Waals surface area contributed by atoms with Gasteiger partial charge in [0.15, 0.2) is 0 Å². The van der Waals surface area contributed by atoms with Crippen LogP contribution in [0, 0.1) is 0 Å². The SMILES string of the molecule is [2H]c1ccc(N(c2cccc(-c3ccccc3)c2)c2ccc3c(c2)oc2ccc4c(ccc5c4c4ccc(N(c6ccc([2H])cc6)c6cccc(-c7ccccc7)c6)c6c7cc(C(C)(C)C)ccc7n5c46)c23)cc1. The van der Waals surface area contributed by atoms with E-state index in [0.717, 1.165) is 94.7 Å². The van der Waals surface area contributed by atoms with Gasteiger partial charge < -0.3 is 18.6 Å². The normalized spacial score (nSPS) is 12.5. The zero-order valence-corrected chi connectivity index (χ0v) is 40.2. The number of aromatic nitrogens is 1. The number of furan rings is 1. The molecule has 0 bridgehead atoms. The summed E-state index contributed by atoms with van der Waals surface area (Å²) in [4.78, 5) is 4.62. The lowest BCUT2D eigenvalue weighted by Gasteiger charge is -2.27. The Labute approximate surface area is 421 Å². The van der Waals surface area contributed by atoms with Gasteiger partial charge >= 0.3 is 0 Å². The highest BCUT2D eigenvalue weighted by molar-refractivity contribution is 6.34. The Morgan fingerprint density at radius 2 is 0.917 bits per heavy atom. The second-order valence-electron chi connectivity index (χ2n) is 20.0. The maximum absolute atomic E-state index is 8.47. The number of hydrogen-bond acceptors (Lipinski definition) is 3. The maximum atomic E-state index is 8.47. The van der Waals surface area contributed by atoms with Gasteiger partial charge in [-0.25, -0.2) is 0 Å². The highest BCUT2D eigenvalue weighted by atomic mass is 16.3. The summed E-state index contributed by atoms with van der Waals surface area (Å²) in [5.74, 6) is 0. The molecule has 4 heteroatoms. The van der Waals surface area contributed by atoms with E-state index in [9.17, 15) is 0 Å². The van der Waals surface area contributed by atoms with E-state index in [-0.39, 0.29) is 5.41 Å². The van der Waals surface area contributed by atoms with Crippen molar-refractivity contribution in [2.45, 2.75) is 26.2 Å². The van der Waals surface area contributed by atoms with Crippen molar-refractivity contribution < 1.29 is 7.16 Å². The number of benzene rings is 11. The summed E-state index contributed by atoms with van der Waals surface area (Å²) in [6.07, 6.45) is 0. The summed E-state index contributed by atoms with van der Waals surface area (Å²) in [6.45, 7) is 6.86. The van der Waals surface area contributed by atoms with E-state index in [1.807, 2.05) is 42.5 Å².